The number of hydrogen-bond acceptors (Lipinski definition) is 1. The van der Waals surface area contributed by atoms with E-state index in [1.807, 2.05) is 0 Å². The van der Waals surface area contributed by atoms with E-state index in [0.717, 1.165) is 20.8 Å². The molecule has 0 heterocycles. The number of rotatable bonds is 10. The zero-order valence-electron chi connectivity index (χ0n) is 26.9. The third-order valence-corrected chi connectivity index (χ3v) is 13.6. The van der Waals surface area contributed by atoms with Crippen molar-refractivity contribution in [3.05, 3.63) is 139 Å². The van der Waals surface area contributed by atoms with E-state index < -0.39 is 0 Å². The second kappa shape index (κ2) is 15.9. The minimum Gasteiger partial charge on any atom is -0.136 e. The largest absolute Gasteiger partial charge is 0.136 e. The third-order valence-electron chi connectivity index (χ3n) is 10.9. The monoisotopic (exact) mass is 742 g/mol. The normalized spacial score (nSPS) is 23.4. The molecular formula is C42H48Br2S. The fourth-order valence-corrected chi connectivity index (χ4v) is 9.86. The zero-order valence-corrected chi connectivity index (χ0v) is 30.9. The van der Waals surface area contributed by atoms with E-state index in [9.17, 15) is 0 Å². The van der Waals surface area contributed by atoms with Gasteiger partial charge < -0.3 is 0 Å². The summed E-state index contributed by atoms with van der Waals surface area (Å²) >= 11 is 9.43. The van der Waals surface area contributed by atoms with E-state index in [4.69, 9.17) is 0 Å². The van der Waals surface area contributed by atoms with Crippen molar-refractivity contribution in [3.8, 4) is 0 Å². The molecule has 2 atom stereocenters. The Hall–Kier alpha value is -1.81. The molecule has 0 radical (unpaired) electrons. The average Bonchev–Trinajstić information content (AvgIpc) is 3.10. The second-order valence-electron chi connectivity index (χ2n) is 13.6. The maximum absolute atomic E-state index is 3.68. The first-order valence-corrected chi connectivity index (χ1v) is 19.9. The van der Waals surface area contributed by atoms with Crippen LogP contribution in [0.4, 0.5) is 0 Å². The maximum Gasteiger partial charge on any atom is 0.0556 e. The van der Waals surface area contributed by atoms with Gasteiger partial charge in [-0.2, -0.15) is 0 Å². The molecule has 2 aliphatic rings. The molecule has 0 aliphatic heterocycles. The predicted octanol–water partition coefficient (Wildman–Crippen LogP) is 14.2. The van der Waals surface area contributed by atoms with E-state index in [1.54, 1.807) is 0 Å². The number of benzene rings is 4. The van der Waals surface area contributed by atoms with Gasteiger partial charge in [0.2, 0.25) is 0 Å². The summed E-state index contributed by atoms with van der Waals surface area (Å²) < 4.78 is 2.25. The van der Waals surface area contributed by atoms with E-state index >= 15 is 0 Å². The van der Waals surface area contributed by atoms with Crippen LogP contribution in [0.5, 0.6) is 0 Å². The van der Waals surface area contributed by atoms with Gasteiger partial charge >= 0.3 is 0 Å². The van der Waals surface area contributed by atoms with Gasteiger partial charge in [0.05, 0.1) is 10.5 Å². The van der Waals surface area contributed by atoms with Crippen LogP contribution in [0.15, 0.2) is 106 Å². The van der Waals surface area contributed by atoms with Gasteiger partial charge in [0, 0.05) is 8.95 Å². The van der Waals surface area contributed by atoms with Crippen LogP contribution >= 0.6 is 43.6 Å². The van der Waals surface area contributed by atoms with Gasteiger partial charge in [-0.05, 0) is 133 Å². The number of hydrogen-bond donors (Lipinski definition) is 0. The topological polar surface area (TPSA) is 0 Å². The molecule has 4 aromatic rings. The van der Waals surface area contributed by atoms with Gasteiger partial charge in [0.1, 0.15) is 0 Å². The zero-order chi connectivity index (χ0) is 31.2. The minimum absolute atomic E-state index is 0.223. The van der Waals surface area contributed by atoms with Crippen LogP contribution in [0.3, 0.4) is 0 Å². The van der Waals surface area contributed by atoms with Crippen molar-refractivity contribution >= 4 is 43.6 Å². The Morgan fingerprint density at radius 2 is 0.756 bits per heavy atom. The summed E-state index contributed by atoms with van der Waals surface area (Å²) in [5.41, 5.74) is 8.54. The molecule has 2 unspecified atom stereocenters. The highest BCUT2D eigenvalue weighted by Gasteiger charge is 2.26. The molecule has 0 bridgehead atoms. The molecule has 45 heavy (non-hydrogen) atoms. The highest BCUT2D eigenvalue weighted by atomic mass is 79.9. The van der Waals surface area contributed by atoms with Gasteiger partial charge in [-0.3, -0.25) is 0 Å². The first-order chi connectivity index (χ1) is 22.0. The Morgan fingerprint density at radius 3 is 1.04 bits per heavy atom. The first-order valence-electron chi connectivity index (χ1n) is 17.4. The Morgan fingerprint density at radius 1 is 0.467 bits per heavy atom. The third kappa shape index (κ3) is 8.38. The van der Waals surface area contributed by atoms with Crippen LogP contribution in [0, 0.1) is 11.8 Å². The highest BCUT2D eigenvalue weighted by molar-refractivity contribution is 9.10. The van der Waals surface area contributed by atoms with Crippen molar-refractivity contribution in [3.63, 3.8) is 0 Å². The molecule has 0 aromatic heterocycles. The van der Waals surface area contributed by atoms with E-state index in [0.29, 0.717) is 11.8 Å². The lowest BCUT2D eigenvalue weighted by molar-refractivity contribution is 0.319. The van der Waals surface area contributed by atoms with Gasteiger partial charge in [0.15, 0.2) is 0 Å². The molecular weight excluding hydrogens is 696 g/mol. The van der Waals surface area contributed by atoms with E-state index in [1.165, 1.54) is 97.6 Å². The lowest BCUT2D eigenvalue weighted by Crippen LogP contribution is -2.13. The first kappa shape index (κ1) is 33.1. The smallest absolute Gasteiger partial charge is 0.0556 e. The van der Waals surface area contributed by atoms with Crippen molar-refractivity contribution in [2.45, 2.75) is 100 Å². The van der Waals surface area contributed by atoms with Crippen molar-refractivity contribution < 1.29 is 0 Å². The molecule has 236 valence electrons. The molecule has 4 aromatic carbocycles. The fraction of sp³-hybridized carbons (Fsp3) is 0.429. The molecule has 2 aliphatic carbocycles. The highest BCUT2D eigenvalue weighted by Crippen LogP contribution is 2.49. The van der Waals surface area contributed by atoms with Crippen LogP contribution < -0.4 is 0 Å². The van der Waals surface area contributed by atoms with Gasteiger partial charge in [-0.25, -0.2) is 0 Å². The molecule has 6 rings (SSSR count). The summed E-state index contributed by atoms with van der Waals surface area (Å²) in [6.45, 7) is 4.71. The average molecular weight is 745 g/mol. The molecule has 2 fully saturated rings. The molecule has 0 saturated heterocycles. The molecule has 3 heteroatoms. The summed E-state index contributed by atoms with van der Waals surface area (Å²) in [6.07, 6.45) is 13.5. The summed E-state index contributed by atoms with van der Waals surface area (Å²) in [5.74, 6) is 3.29. The van der Waals surface area contributed by atoms with Crippen molar-refractivity contribution in [1.29, 1.82) is 0 Å². The van der Waals surface area contributed by atoms with Crippen molar-refractivity contribution in [2.75, 3.05) is 0 Å². The van der Waals surface area contributed by atoms with Crippen LogP contribution in [0.2, 0.25) is 0 Å². The van der Waals surface area contributed by atoms with E-state index in [-0.39, 0.29) is 10.5 Å². The summed E-state index contributed by atoms with van der Waals surface area (Å²) in [6, 6.07) is 37.4. The maximum atomic E-state index is 3.68. The standard InChI is InChI=1S/C42H48Br2S/c1-3-29-5-9-31(10-6-29)33-13-17-35(18-14-33)41(37-21-25-39(43)26-22-37)45-42(38-23-27-40(44)28-24-38)36-19-15-34(16-20-36)32-11-7-30(4-2)8-12-32/h13-32,41-42H,3-12H2,1-2H3/t29-,30-,31-,32-,41?,42?. The summed E-state index contributed by atoms with van der Waals surface area (Å²) in [4.78, 5) is 0. The summed E-state index contributed by atoms with van der Waals surface area (Å²) in [5, 5.41) is 0.446. The predicted molar refractivity (Wildman–Crippen MR) is 202 cm³/mol. The fourth-order valence-electron chi connectivity index (χ4n) is 7.80. The molecule has 0 spiro atoms. The molecule has 0 N–H and O–H groups in total. The van der Waals surface area contributed by atoms with Gasteiger partial charge in [0.25, 0.3) is 0 Å². The van der Waals surface area contributed by atoms with Crippen LogP contribution in [0.1, 0.15) is 134 Å². The van der Waals surface area contributed by atoms with Crippen LogP contribution in [-0.4, -0.2) is 0 Å². The lowest BCUT2D eigenvalue weighted by Gasteiger charge is -2.29. The van der Waals surface area contributed by atoms with Crippen molar-refractivity contribution in [1.82, 2.24) is 0 Å². The molecule has 0 nitrogen and oxygen atoms in total. The Labute approximate surface area is 293 Å². The Kier molecular flexibility index (Phi) is 11.7. The minimum atomic E-state index is 0.223. The molecule has 0 amide bonds. The van der Waals surface area contributed by atoms with E-state index in [2.05, 4.69) is 155 Å². The quantitative estimate of drug-likeness (QED) is 0.156. The van der Waals surface area contributed by atoms with Crippen LogP contribution in [-0.2, 0) is 0 Å². The van der Waals surface area contributed by atoms with Crippen molar-refractivity contribution in [2.24, 2.45) is 11.8 Å². The number of halogens is 2. The van der Waals surface area contributed by atoms with Gasteiger partial charge in [-0.1, -0.05) is 131 Å². The number of thioether (sulfide) groups is 1. The SMILES string of the molecule is CC[C@H]1CC[C@H](c2ccc(C(SC(c3ccc(Br)cc3)c3ccc([C@H]4CC[C@H](CC)CC4)cc3)c3ccc(Br)cc3)cc2)CC1. The lowest BCUT2D eigenvalue weighted by atomic mass is 9.77. The Bertz CT molecular complexity index is 1350. The van der Waals surface area contributed by atoms with Crippen LogP contribution in [0.25, 0.3) is 0 Å². The Balaban J connectivity index is 1.29. The van der Waals surface area contributed by atoms with Gasteiger partial charge in [-0.15, -0.1) is 11.8 Å². The second-order valence-corrected chi connectivity index (χ2v) is 16.6. The molecule has 2 saturated carbocycles. The summed E-state index contributed by atoms with van der Waals surface area (Å²) in [7, 11) is 0.